The number of halogens is 1. The fourth-order valence-corrected chi connectivity index (χ4v) is 3.05. The second kappa shape index (κ2) is 7.11. The molecule has 22 heavy (non-hydrogen) atoms. The molecule has 2 atom stereocenters. The molecule has 0 aromatic heterocycles. The summed E-state index contributed by atoms with van der Waals surface area (Å²) in [5.41, 5.74) is 0.583. The van der Waals surface area contributed by atoms with Gasteiger partial charge in [0.1, 0.15) is 0 Å². The van der Waals surface area contributed by atoms with E-state index in [2.05, 4.69) is 53.8 Å². The number of carbonyl (C=O) groups excluding carboxylic acids is 1. The van der Waals surface area contributed by atoms with Crippen LogP contribution < -0.4 is 5.32 Å². The first-order valence-corrected chi connectivity index (χ1v) is 8.51. The van der Waals surface area contributed by atoms with Gasteiger partial charge in [0.2, 0.25) is 0 Å². The van der Waals surface area contributed by atoms with Crippen molar-refractivity contribution in [3.05, 3.63) is 34.3 Å². The Kier molecular flexibility index (Phi) is 5.64. The number of ether oxygens (including phenoxy) is 1. The first kappa shape index (κ1) is 17.4. The highest BCUT2D eigenvalue weighted by atomic mass is 79.9. The van der Waals surface area contributed by atoms with Crippen LogP contribution in [0.15, 0.2) is 28.7 Å². The Morgan fingerprint density at radius 3 is 2.36 bits per heavy atom. The lowest BCUT2D eigenvalue weighted by Gasteiger charge is -2.45. The maximum absolute atomic E-state index is 12.2. The molecule has 1 amide bonds. The third-order valence-corrected chi connectivity index (χ3v) is 4.59. The number of rotatable bonds is 4. The van der Waals surface area contributed by atoms with Gasteiger partial charge in [-0.1, -0.05) is 15.9 Å². The zero-order valence-corrected chi connectivity index (χ0v) is 15.3. The quantitative estimate of drug-likeness (QED) is 0.887. The van der Waals surface area contributed by atoms with Crippen molar-refractivity contribution in [1.82, 2.24) is 10.2 Å². The Morgan fingerprint density at radius 1 is 1.27 bits per heavy atom. The first-order chi connectivity index (χ1) is 10.3. The zero-order valence-electron chi connectivity index (χ0n) is 13.7. The SMILES string of the molecule is CC1CN(C(C)(C)CNC(=O)c2ccc(Br)cc2)CC(C)O1. The molecule has 1 aromatic rings. The van der Waals surface area contributed by atoms with Crippen LogP contribution in [0.2, 0.25) is 0 Å². The molecule has 2 rings (SSSR count). The number of benzene rings is 1. The summed E-state index contributed by atoms with van der Waals surface area (Å²) in [6, 6.07) is 7.41. The topological polar surface area (TPSA) is 41.6 Å². The molecule has 1 aliphatic rings. The Labute approximate surface area is 141 Å². The number of carbonyl (C=O) groups is 1. The van der Waals surface area contributed by atoms with E-state index in [1.165, 1.54) is 0 Å². The highest BCUT2D eigenvalue weighted by Gasteiger charge is 2.33. The number of hydrogen-bond acceptors (Lipinski definition) is 3. The molecule has 0 saturated carbocycles. The van der Waals surface area contributed by atoms with E-state index < -0.39 is 0 Å². The number of nitrogens with zero attached hydrogens (tertiary/aromatic N) is 1. The minimum absolute atomic E-state index is 0.0325. The predicted molar refractivity (Wildman–Crippen MR) is 92.1 cm³/mol. The minimum atomic E-state index is -0.0999. The molecule has 4 nitrogen and oxygen atoms in total. The van der Waals surface area contributed by atoms with Crippen molar-refractivity contribution in [1.29, 1.82) is 0 Å². The maximum atomic E-state index is 12.2. The molecule has 1 aliphatic heterocycles. The smallest absolute Gasteiger partial charge is 0.251 e. The number of amides is 1. The van der Waals surface area contributed by atoms with E-state index in [1.54, 1.807) is 0 Å². The Balaban J connectivity index is 1.94. The van der Waals surface area contributed by atoms with Crippen molar-refractivity contribution in [3.8, 4) is 0 Å². The van der Waals surface area contributed by atoms with Crippen LogP contribution in [0.4, 0.5) is 0 Å². The van der Waals surface area contributed by atoms with Gasteiger partial charge < -0.3 is 10.1 Å². The molecule has 1 saturated heterocycles. The van der Waals surface area contributed by atoms with Crippen LogP contribution in [0.5, 0.6) is 0 Å². The summed E-state index contributed by atoms with van der Waals surface area (Å²) < 4.78 is 6.76. The molecule has 1 fully saturated rings. The van der Waals surface area contributed by atoms with Gasteiger partial charge in [-0.15, -0.1) is 0 Å². The molecule has 0 spiro atoms. The normalized spacial score (nSPS) is 23.3. The van der Waals surface area contributed by atoms with Crippen molar-refractivity contribution in [2.45, 2.75) is 45.4 Å². The van der Waals surface area contributed by atoms with Crippen molar-refractivity contribution in [2.24, 2.45) is 0 Å². The van der Waals surface area contributed by atoms with Crippen LogP contribution in [-0.2, 0) is 4.74 Å². The van der Waals surface area contributed by atoms with E-state index in [9.17, 15) is 4.79 Å². The average molecular weight is 369 g/mol. The van der Waals surface area contributed by atoms with Crippen molar-refractivity contribution in [2.75, 3.05) is 19.6 Å². The molecule has 2 unspecified atom stereocenters. The van der Waals surface area contributed by atoms with Crippen LogP contribution in [-0.4, -0.2) is 48.2 Å². The highest BCUT2D eigenvalue weighted by Crippen LogP contribution is 2.21. The predicted octanol–water partition coefficient (Wildman–Crippen LogP) is 3.07. The highest BCUT2D eigenvalue weighted by molar-refractivity contribution is 9.10. The van der Waals surface area contributed by atoms with E-state index >= 15 is 0 Å². The fraction of sp³-hybridized carbons (Fsp3) is 0.588. The lowest BCUT2D eigenvalue weighted by Crippen LogP contribution is -2.58. The van der Waals surface area contributed by atoms with E-state index in [-0.39, 0.29) is 23.7 Å². The average Bonchev–Trinajstić information content (AvgIpc) is 2.44. The van der Waals surface area contributed by atoms with Gasteiger partial charge in [-0.2, -0.15) is 0 Å². The Bertz CT molecular complexity index is 506. The van der Waals surface area contributed by atoms with Gasteiger partial charge in [0, 0.05) is 35.2 Å². The van der Waals surface area contributed by atoms with Crippen LogP contribution in [0.25, 0.3) is 0 Å². The summed E-state index contributed by atoms with van der Waals surface area (Å²) in [5.74, 6) is -0.0325. The maximum Gasteiger partial charge on any atom is 0.251 e. The van der Waals surface area contributed by atoms with E-state index in [4.69, 9.17) is 4.74 Å². The van der Waals surface area contributed by atoms with Gasteiger partial charge in [0.05, 0.1) is 12.2 Å². The van der Waals surface area contributed by atoms with Crippen LogP contribution >= 0.6 is 15.9 Å². The van der Waals surface area contributed by atoms with Crippen LogP contribution in [0, 0.1) is 0 Å². The molecular weight excluding hydrogens is 344 g/mol. The molecule has 1 heterocycles. The van der Waals surface area contributed by atoms with Crippen molar-refractivity contribution in [3.63, 3.8) is 0 Å². The second-order valence-corrected chi connectivity index (χ2v) is 7.58. The third kappa shape index (κ3) is 4.54. The summed E-state index contributed by atoms with van der Waals surface area (Å²) in [6.07, 6.45) is 0.454. The van der Waals surface area contributed by atoms with Gasteiger partial charge >= 0.3 is 0 Å². The van der Waals surface area contributed by atoms with Crippen LogP contribution in [0.3, 0.4) is 0 Å². The number of hydrogen-bond donors (Lipinski definition) is 1. The van der Waals surface area contributed by atoms with Crippen molar-refractivity contribution >= 4 is 21.8 Å². The summed E-state index contributed by atoms with van der Waals surface area (Å²) in [5, 5.41) is 3.05. The largest absolute Gasteiger partial charge is 0.373 e. The van der Waals surface area contributed by atoms with Gasteiger partial charge in [-0.25, -0.2) is 0 Å². The summed E-state index contributed by atoms with van der Waals surface area (Å²) in [4.78, 5) is 14.6. The first-order valence-electron chi connectivity index (χ1n) is 7.72. The van der Waals surface area contributed by atoms with E-state index in [0.717, 1.165) is 17.6 Å². The van der Waals surface area contributed by atoms with E-state index in [1.807, 2.05) is 24.3 Å². The summed E-state index contributed by atoms with van der Waals surface area (Å²) in [7, 11) is 0. The lowest BCUT2D eigenvalue weighted by molar-refractivity contribution is -0.0948. The van der Waals surface area contributed by atoms with Crippen LogP contribution in [0.1, 0.15) is 38.1 Å². The minimum Gasteiger partial charge on any atom is -0.373 e. The molecular formula is C17H25BrN2O2. The second-order valence-electron chi connectivity index (χ2n) is 6.66. The third-order valence-electron chi connectivity index (χ3n) is 4.06. The van der Waals surface area contributed by atoms with Gasteiger partial charge in [0.15, 0.2) is 0 Å². The van der Waals surface area contributed by atoms with E-state index in [0.29, 0.717) is 12.1 Å². The van der Waals surface area contributed by atoms with Gasteiger partial charge in [-0.05, 0) is 52.0 Å². The van der Waals surface area contributed by atoms with Crippen molar-refractivity contribution < 1.29 is 9.53 Å². The molecule has 1 aromatic carbocycles. The number of nitrogens with one attached hydrogen (secondary N) is 1. The Hall–Kier alpha value is -0.910. The fourth-order valence-electron chi connectivity index (χ4n) is 2.78. The standard InChI is InChI=1S/C17H25BrN2O2/c1-12-9-20(10-13(2)22-12)17(3,4)11-19-16(21)14-5-7-15(18)8-6-14/h5-8,12-13H,9-11H2,1-4H3,(H,19,21). The molecule has 1 N–H and O–H groups in total. The molecule has 0 bridgehead atoms. The van der Waals surface area contributed by atoms with Gasteiger partial charge in [0.25, 0.3) is 5.91 Å². The Morgan fingerprint density at radius 2 is 1.82 bits per heavy atom. The molecule has 122 valence electrons. The molecule has 0 radical (unpaired) electrons. The monoisotopic (exact) mass is 368 g/mol. The zero-order chi connectivity index (χ0) is 16.3. The molecule has 0 aliphatic carbocycles. The lowest BCUT2D eigenvalue weighted by atomic mass is 10.00. The molecule has 5 heteroatoms. The summed E-state index contributed by atoms with van der Waals surface area (Å²) in [6.45, 7) is 10.9. The number of morpholine rings is 1. The summed E-state index contributed by atoms with van der Waals surface area (Å²) >= 11 is 3.38. The van der Waals surface area contributed by atoms with Gasteiger partial charge in [-0.3, -0.25) is 9.69 Å².